The maximum atomic E-state index is 12.7. The van der Waals surface area contributed by atoms with E-state index in [1.54, 1.807) is 0 Å². The fourth-order valence-corrected chi connectivity index (χ4v) is 0.963. The number of benzene rings is 1. The van der Waals surface area contributed by atoms with E-state index in [2.05, 4.69) is 0 Å². The fourth-order valence-electron chi connectivity index (χ4n) is 0.963. The van der Waals surface area contributed by atoms with Gasteiger partial charge in [0, 0.05) is 11.6 Å². The van der Waals surface area contributed by atoms with Gasteiger partial charge in [-0.25, -0.2) is 4.39 Å². The van der Waals surface area contributed by atoms with Crippen molar-refractivity contribution in [3.05, 3.63) is 35.7 Å². The maximum absolute atomic E-state index is 12.7. The molecule has 0 aromatic heterocycles. The highest BCUT2D eigenvalue weighted by Gasteiger charge is 2.00. The third kappa shape index (κ3) is 2.31. The van der Waals surface area contributed by atoms with Crippen LogP contribution in [0.25, 0.3) is 6.08 Å². The average molecular weight is 177 g/mol. The molecule has 1 aromatic carbocycles. The van der Waals surface area contributed by atoms with Gasteiger partial charge in [0.25, 0.3) is 0 Å². The largest absolute Gasteiger partial charge is 0.496 e. The first kappa shape index (κ1) is 9.27. The summed E-state index contributed by atoms with van der Waals surface area (Å²) in [5, 5.41) is 8.29. The van der Waals surface area contributed by atoms with Gasteiger partial charge in [-0.1, -0.05) is 0 Å². The number of allylic oxidation sites excluding steroid dienone is 1. The van der Waals surface area contributed by atoms with E-state index in [9.17, 15) is 4.39 Å². The van der Waals surface area contributed by atoms with Crippen molar-refractivity contribution in [1.29, 1.82) is 5.26 Å². The van der Waals surface area contributed by atoms with Crippen molar-refractivity contribution in [1.82, 2.24) is 0 Å². The van der Waals surface area contributed by atoms with Gasteiger partial charge in [0.05, 0.1) is 13.2 Å². The zero-order valence-corrected chi connectivity index (χ0v) is 7.12. The number of halogens is 1. The van der Waals surface area contributed by atoms with Crippen LogP contribution in [0.2, 0.25) is 0 Å². The lowest BCUT2D eigenvalue weighted by molar-refractivity contribution is 0.412. The number of rotatable bonds is 2. The molecule has 0 atom stereocenters. The number of methoxy groups -OCH3 is 1. The maximum Gasteiger partial charge on any atom is 0.126 e. The summed E-state index contributed by atoms with van der Waals surface area (Å²) < 4.78 is 17.7. The van der Waals surface area contributed by atoms with Crippen LogP contribution in [0.5, 0.6) is 5.75 Å². The Morgan fingerprint density at radius 3 is 2.92 bits per heavy atom. The second-order valence-corrected chi connectivity index (χ2v) is 2.35. The molecule has 0 aliphatic carbocycles. The molecule has 0 bridgehead atoms. The molecule has 0 radical (unpaired) electrons. The Morgan fingerprint density at radius 2 is 2.31 bits per heavy atom. The van der Waals surface area contributed by atoms with E-state index in [1.807, 2.05) is 6.07 Å². The smallest absolute Gasteiger partial charge is 0.126 e. The zero-order chi connectivity index (χ0) is 9.68. The number of nitriles is 1. The van der Waals surface area contributed by atoms with Gasteiger partial charge in [0.15, 0.2) is 0 Å². The lowest BCUT2D eigenvalue weighted by Gasteiger charge is -2.03. The van der Waals surface area contributed by atoms with Gasteiger partial charge in [0.1, 0.15) is 11.6 Å². The molecule has 2 nitrogen and oxygen atoms in total. The molecule has 13 heavy (non-hydrogen) atoms. The highest BCUT2D eigenvalue weighted by Crippen LogP contribution is 2.20. The molecular weight excluding hydrogens is 169 g/mol. The zero-order valence-electron chi connectivity index (χ0n) is 7.12. The molecule has 0 saturated heterocycles. The van der Waals surface area contributed by atoms with E-state index < -0.39 is 0 Å². The normalized spacial score (nSPS) is 9.92. The first-order chi connectivity index (χ1) is 6.27. The number of ether oxygens (including phenoxy) is 1. The number of hydrogen-bond donors (Lipinski definition) is 0. The van der Waals surface area contributed by atoms with Crippen molar-refractivity contribution < 1.29 is 9.13 Å². The Hall–Kier alpha value is -1.82. The van der Waals surface area contributed by atoms with Gasteiger partial charge in [-0.3, -0.25) is 0 Å². The molecule has 0 N–H and O–H groups in total. The highest BCUT2D eigenvalue weighted by atomic mass is 19.1. The second-order valence-electron chi connectivity index (χ2n) is 2.35. The van der Waals surface area contributed by atoms with Crippen LogP contribution in [0.4, 0.5) is 4.39 Å². The highest BCUT2D eigenvalue weighted by molar-refractivity contribution is 5.58. The first-order valence-electron chi connectivity index (χ1n) is 3.67. The molecule has 0 aliphatic rings. The Balaban J connectivity index is 3.10. The van der Waals surface area contributed by atoms with Gasteiger partial charge in [0.2, 0.25) is 0 Å². The van der Waals surface area contributed by atoms with Crippen LogP contribution < -0.4 is 4.74 Å². The Labute approximate surface area is 75.9 Å². The molecule has 0 fully saturated rings. The quantitative estimate of drug-likeness (QED) is 0.649. The van der Waals surface area contributed by atoms with Crippen molar-refractivity contribution in [2.75, 3.05) is 7.11 Å². The predicted molar refractivity (Wildman–Crippen MR) is 47.6 cm³/mol. The summed E-state index contributed by atoms with van der Waals surface area (Å²) in [6.07, 6.45) is 2.78. The topological polar surface area (TPSA) is 33.0 Å². The summed E-state index contributed by atoms with van der Waals surface area (Å²) in [7, 11) is 1.50. The van der Waals surface area contributed by atoms with Crippen LogP contribution in [-0.2, 0) is 0 Å². The molecule has 1 aromatic rings. The van der Waals surface area contributed by atoms with E-state index in [0.29, 0.717) is 11.3 Å². The number of hydrogen-bond acceptors (Lipinski definition) is 2. The van der Waals surface area contributed by atoms with Crippen molar-refractivity contribution in [2.24, 2.45) is 0 Å². The molecule has 0 heterocycles. The molecule has 3 heteroatoms. The van der Waals surface area contributed by atoms with Crippen LogP contribution in [0.15, 0.2) is 24.3 Å². The van der Waals surface area contributed by atoms with E-state index in [4.69, 9.17) is 10.00 Å². The summed E-state index contributed by atoms with van der Waals surface area (Å²) in [4.78, 5) is 0. The van der Waals surface area contributed by atoms with Gasteiger partial charge in [-0.05, 0) is 24.3 Å². The standard InChI is InChI=1S/C10H8FNO/c1-13-10-5-4-9(11)7-8(10)3-2-6-12/h2-5,7H,1H3/b3-2+. The Morgan fingerprint density at radius 1 is 1.54 bits per heavy atom. The van der Waals surface area contributed by atoms with Crippen molar-refractivity contribution in [3.8, 4) is 11.8 Å². The van der Waals surface area contributed by atoms with E-state index in [-0.39, 0.29) is 5.82 Å². The van der Waals surface area contributed by atoms with Gasteiger partial charge in [-0.2, -0.15) is 5.26 Å². The van der Waals surface area contributed by atoms with E-state index in [1.165, 1.54) is 37.5 Å². The van der Waals surface area contributed by atoms with Gasteiger partial charge >= 0.3 is 0 Å². The Kier molecular flexibility index (Phi) is 3.04. The van der Waals surface area contributed by atoms with Crippen molar-refractivity contribution >= 4 is 6.08 Å². The van der Waals surface area contributed by atoms with Crippen LogP contribution in [0.3, 0.4) is 0 Å². The average Bonchev–Trinajstić information content (AvgIpc) is 2.15. The minimum Gasteiger partial charge on any atom is -0.496 e. The summed E-state index contributed by atoms with van der Waals surface area (Å²) in [5.74, 6) is 0.200. The summed E-state index contributed by atoms with van der Waals surface area (Å²) in [6.45, 7) is 0. The van der Waals surface area contributed by atoms with E-state index >= 15 is 0 Å². The van der Waals surface area contributed by atoms with Gasteiger partial charge in [-0.15, -0.1) is 0 Å². The molecule has 0 saturated carbocycles. The van der Waals surface area contributed by atoms with Crippen LogP contribution >= 0.6 is 0 Å². The Bertz CT molecular complexity index is 366. The summed E-state index contributed by atoms with van der Waals surface area (Å²) in [5.41, 5.74) is 0.559. The van der Waals surface area contributed by atoms with E-state index in [0.717, 1.165) is 0 Å². The molecule has 0 unspecified atom stereocenters. The third-order valence-electron chi connectivity index (χ3n) is 1.53. The van der Waals surface area contributed by atoms with Crippen molar-refractivity contribution in [2.45, 2.75) is 0 Å². The van der Waals surface area contributed by atoms with Gasteiger partial charge < -0.3 is 4.74 Å². The third-order valence-corrected chi connectivity index (χ3v) is 1.53. The van der Waals surface area contributed by atoms with Crippen LogP contribution in [0.1, 0.15) is 5.56 Å². The number of nitrogens with zero attached hydrogens (tertiary/aromatic N) is 1. The van der Waals surface area contributed by atoms with Crippen LogP contribution in [-0.4, -0.2) is 7.11 Å². The molecule has 0 spiro atoms. The SMILES string of the molecule is COc1ccc(F)cc1/C=C/C#N. The second kappa shape index (κ2) is 4.27. The summed E-state index contributed by atoms with van der Waals surface area (Å²) >= 11 is 0. The summed E-state index contributed by atoms with van der Waals surface area (Å²) in [6, 6.07) is 5.97. The van der Waals surface area contributed by atoms with Crippen LogP contribution in [0, 0.1) is 17.1 Å². The lowest BCUT2D eigenvalue weighted by Crippen LogP contribution is -1.87. The monoisotopic (exact) mass is 177 g/mol. The lowest BCUT2D eigenvalue weighted by atomic mass is 10.2. The molecule has 0 aliphatic heterocycles. The minimum atomic E-state index is -0.349. The molecule has 1 rings (SSSR count). The first-order valence-corrected chi connectivity index (χ1v) is 3.67. The molecular formula is C10H8FNO. The van der Waals surface area contributed by atoms with Crippen molar-refractivity contribution in [3.63, 3.8) is 0 Å². The minimum absolute atomic E-state index is 0.349. The molecule has 0 amide bonds. The predicted octanol–water partition coefficient (Wildman–Crippen LogP) is 2.37. The fraction of sp³-hybridized carbons (Fsp3) is 0.100. The molecule has 66 valence electrons.